The van der Waals surface area contributed by atoms with Crippen molar-refractivity contribution in [2.24, 2.45) is 0 Å². The molecule has 0 spiro atoms. The topological polar surface area (TPSA) is 24.9 Å². The van der Waals surface area contributed by atoms with Crippen LogP contribution >= 0.6 is 0 Å². The second kappa shape index (κ2) is 5.61. The first kappa shape index (κ1) is 13.0. The predicted octanol–water partition coefficient (Wildman–Crippen LogP) is 3.88. The van der Waals surface area contributed by atoms with Crippen LogP contribution in [0.1, 0.15) is 42.4 Å². The summed E-state index contributed by atoms with van der Waals surface area (Å²) in [7, 11) is 0. The van der Waals surface area contributed by atoms with Crippen molar-refractivity contribution in [3.63, 3.8) is 0 Å². The Morgan fingerprint density at radius 1 is 0.952 bits per heavy atom. The van der Waals surface area contributed by atoms with Crippen molar-refractivity contribution in [1.29, 1.82) is 0 Å². The molecular weight excluding hydrogens is 256 g/mol. The summed E-state index contributed by atoms with van der Waals surface area (Å²) in [5, 5.41) is 3.56. The Bertz CT molecular complexity index is 644. The molecule has 2 nitrogen and oxygen atoms in total. The zero-order valence-electron chi connectivity index (χ0n) is 12.4. The minimum Gasteiger partial charge on any atom is -0.310 e. The molecule has 21 heavy (non-hydrogen) atoms. The van der Waals surface area contributed by atoms with Gasteiger partial charge in [0.05, 0.1) is 0 Å². The summed E-state index contributed by atoms with van der Waals surface area (Å²) in [6.07, 6.45) is 11.8. The van der Waals surface area contributed by atoms with E-state index in [1.807, 2.05) is 12.4 Å². The smallest absolute Gasteiger partial charge is 0.0346 e. The maximum Gasteiger partial charge on any atom is 0.0346 e. The number of fused-ring (bicyclic) bond motifs is 1. The summed E-state index contributed by atoms with van der Waals surface area (Å²) in [6.45, 7) is 0.941. The van der Waals surface area contributed by atoms with E-state index >= 15 is 0 Å². The maximum absolute atomic E-state index is 4.43. The second-order valence-electron chi connectivity index (χ2n) is 6.43. The molecule has 1 fully saturated rings. The Balaban J connectivity index is 1.58. The SMILES string of the molecule is c1ncc(-c2ccc3c(c2)CCCC3)cc1CNC1CC1. The Morgan fingerprint density at radius 2 is 1.81 bits per heavy atom. The van der Waals surface area contributed by atoms with Crippen molar-refractivity contribution >= 4 is 0 Å². The molecule has 0 bridgehead atoms. The average molecular weight is 278 g/mol. The molecule has 0 radical (unpaired) electrons. The Hall–Kier alpha value is -1.67. The van der Waals surface area contributed by atoms with Gasteiger partial charge in [0.25, 0.3) is 0 Å². The second-order valence-corrected chi connectivity index (χ2v) is 6.43. The Kier molecular flexibility index (Phi) is 3.48. The van der Waals surface area contributed by atoms with Gasteiger partial charge in [-0.15, -0.1) is 0 Å². The fraction of sp³-hybridized carbons (Fsp3) is 0.421. The van der Waals surface area contributed by atoms with Crippen molar-refractivity contribution in [1.82, 2.24) is 10.3 Å². The zero-order chi connectivity index (χ0) is 14.1. The summed E-state index contributed by atoms with van der Waals surface area (Å²) in [6, 6.07) is 9.99. The molecule has 2 heteroatoms. The highest BCUT2D eigenvalue weighted by molar-refractivity contribution is 5.65. The molecule has 1 heterocycles. The molecule has 0 saturated heterocycles. The Morgan fingerprint density at radius 3 is 2.67 bits per heavy atom. The van der Waals surface area contributed by atoms with Crippen LogP contribution in [-0.2, 0) is 19.4 Å². The lowest BCUT2D eigenvalue weighted by molar-refractivity contribution is 0.685. The summed E-state index contributed by atoms with van der Waals surface area (Å²) in [5.41, 5.74) is 6.94. The van der Waals surface area contributed by atoms with Gasteiger partial charge in [-0.25, -0.2) is 0 Å². The molecule has 2 aromatic rings. The van der Waals surface area contributed by atoms with Crippen molar-refractivity contribution in [2.75, 3.05) is 0 Å². The van der Waals surface area contributed by atoms with E-state index in [1.54, 1.807) is 11.1 Å². The van der Waals surface area contributed by atoms with E-state index in [9.17, 15) is 0 Å². The predicted molar refractivity (Wildman–Crippen MR) is 86.2 cm³/mol. The van der Waals surface area contributed by atoms with Gasteiger partial charge in [-0.2, -0.15) is 0 Å². The van der Waals surface area contributed by atoms with Crippen LogP contribution in [0.25, 0.3) is 11.1 Å². The van der Waals surface area contributed by atoms with E-state index in [0.717, 1.165) is 12.6 Å². The van der Waals surface area contributed by atoms with E-state index in [-0.39, 0.29) is 0 Å². The van der Waals surface area contributed by atoms with Gasteiger partial charge >= 0.3 is 0 Å². The number of hydrogen-bond donors (Lipinski definition) is 1. The minimum absolute atomic E-state index is 0.748. The largest absolute Gasteiger partial charge is 0.310 e. The van der Waals surface area contributed by atoms with Gasteiger partial charge < -0.3 is 5.32 Å². The van der Waals surface area contributed by atoms with E-state index in [4.69, 9.17) is 0 Å². The summed E-state index contributed by atoms with van der Waals surface area (Å²) >= 11 is 0. The monoisotopic (exact) mass is 278 g/mol. The van der Waals surface area contributed by atoms with Crippen molar-refractivity contribution < 1.29 is 0 Å². The highest BCUT2D eigenvalue weighted by Crippen LogP contribution is 2.27. The number of rotatable bonds is 4. The van der Waals surface area contributed by atoms with Gasteiger partial charge in [0.1, 0.15) is 0 Å². The molecule has 1 N–H and O–H groups in total. The van der Waals surface area contributed by atoms with Crippen LogP contribution in [0.3, 0.4) is 0 Å². The van der Waals surface area contributed by atoms with Crippen LogP contribution in [0.4, 0.5) is 0 Å². The fourth-order valence-electron chi connectivity index (χ4n) is 3.20. The molecule has 108 valence electrons. The lowest BCUT2D eigenvalue weighted by Crippen LogP contribution is -2.15. The molecular formula is C19H22N2. The van der Waals surface area contributed by atoms with Crippen LogP contribution in [0.15, 0.2) is 36.7 Å². The Labute approximate surface area is 126 Å². The first-order valence-corrected chi connectivity index (χ1v) is 8.18. The summed E-state index contributed by atoms with van der Waals surface area (Å²) < 4.78 is 0. The third-order valence-electron chi connectivity index (χ3n) is 4.65. The van der Waals surface area contributed by atoms with Crippen molar-refractivity contribution in [3.05, 3.63) is 53.3 Å². The van der Waals surface area contributed by atoms with Crippen molar-refractivity contribution in [3.8, 4) is 11.1 Å². The summed E-state index contributed by atoms with van der Waals surface area (Å²) in [4.78, 5) is 4.43. The standard InChI is InChI=1S/C19H22N2/c1-2-4-16-10-17(6-5-15(16)3-1)18-9-14(11-20-13-18)12-21-19-7-8-19/h5-6,9-11,13,19,21H,1-4,7-8,12H2. The molecule has 1 aromatic carbocycles. The van der Waals surface area contributed by atoms with E-state index in [0.29, 0.717) is 0 Å². The van der Waals surface area contributed by atoms with Crippen LogP contribution in [0.5, 0.6) is 0 Å². The number of pyridine rings is 1. The maximum atomic E-state index is 4.43. The number of benzene rings is 1. The van der Waals surface area contributed by atoms with Crippen LogP contribution in [-0.4, -0.2) is 11.0 Å². The quantitative estimate of drug-likeness (QED) is 0.918. The van der Waals surface area contributed by atoms with Gasteiger partial charge in [-0.1, -0.05) is 18.2 Å². The normalized spacial score (nSPS) is 17.5. The lowest BCUT2D eigenvalue weighted by Gasteiger charge is -2.16. The average Bonchev–Trinajstić information content (AvgIpc) is 3.37. The molecule has 1 saturated carbocycles. The van der Waals surface area contributed by atoms with Gasteiger partial charge in [-0.3, -0.25) is 4.98 Å². The van der Waals surface area contributed by atoms with Gasteiger partial charge in [0.15, 0.2) is 0 Å². The first-order chi connectivity index (χ1) is 10.4. The number of aryl methyl sites for hydroxylation is 2. The van der Waals surface area contributed by atoms with Gasteiger partial charge in [-0.05, 0) is 66.8 Å². The molecule has 0 unspecified atom stereocenters. The number of nitrogens with zero attached hydrogens (tertiary/aromatic N) is 1. The summed E-state index contributed by atoms with van der Waals surface area (Å²) in [5.74, 6) is 0. The van der Waals surface area contributed by atoms with Crippen LogP contribution in [0, 0.1) is 0 Å². The molecule has 1 aromatic heterocycles. The minimum atomic E-state index is 0.748. The van der Waals surface area contributed by atoms with Crippen molar-refractivity contribution in [2.45, 2.75) is 51.1 Å². The zero-order valence-corrected chi connectivity index (χ0v) is 12.4. The molecule has 2 aliphatic carbocycles. The highest BCUT2D eigenvalue weighted by Gasteiger charge is 2.20. The fourth-order valence-corrected chi connectivity index (χ4v) is 3.20. The lowest BCUT2D eigenvalue weighted by atomic mass is 9.89. The van der Waals surface area contributed by atoms with E-state index in [1.165, 1.54) is 55.2 Å². The van der Waals surface area contributed by atoms with Gasteiger partial charge in [0, 0.05) is 30.5 Å². The van der Waals surface area contributed by atoms with E-state index in [2.05, 4.69) is 34.6 Å². The van der Waals surface area contributed by atoms with Gasteiger partial charge in [0.2, 0.25) is 0 Å². The third kappa shape index (κ3) is 3.01. The number of aromatic nitrogens is 1. The van der Waals surface area contributed by atoms with Crippen LogP contribution in [0.2, 0.25) is 0 Å². The number of hydrogen-bond acceptors (Lipinski definition) is 2. The highest BCUT2D eigenvalue weighted by atomic mass is 14.9. The van der Waals surface area contributed by atoms with E-state index < -0.39 is 0 Å². The molecule has 0 atom stereocenters. The molecule has 2 aliphatic rings. The first-order valence-electron chi connectivity index (χ1n) is 8.18. The molecule has 0 aliphatic heterocycles. The third-order valence-corrected chi connectivity index (χ3v) is 4.65. The molecule has 0 amide bonds. The van der Waals surface area contributed by atoms with Crippen LogP contribution < -0.4 is 5.32 Å². The number of nitrogens with one attached hydrogen (secondary N) is 1. The molecule has 4 rings (SSSR count).